The highest BCUT2D eigenvalue weighted by atomic mass is 19.4. The van der Waals surface area contributed by atoms with Gasteiger partial charge in [0.05, 0.1) is 29.6 Å². The number of benzene rings is 1. The van der Waals surface area contributed by atoms with Crippen molar-refractivity contribution >= 4 is 29.8 Å². The zero-order valence-corrected chi connectivity index (χ0v) is 16.8. The molecule has 3 aromatic rings. The van der Waals surface area contributed by atoms with Crippen LogP contribution in [0.2, 0.25) is 0 Å². The van der Waals surface area contributed by atoms with Crippen molar-refractivity contribution in [2.75, 3.05) is 0 Å². The smallest absolute Gasteiger partial charge is 0.390 e. The summed E-state index contributed by atoms with van der Waals surface area (Å²) in [6.07, 6.45) is -0.437. The molecule has 3 rings (SSSR count). The highest BCUT2D eigenvalue weighted by Crippen LogP contribution is 2.29. The third kappa shape index (κ3) is 5.64. The van der Waals surface area contributed by atoms with Crippen molar-refractivity contribution in [2.24, 2.45) is 26.7 Å². The fourth-order valence-electron chi connectivity index (χ4n) is 2.79. The van der Waals surface area contributed by atoms with Gasteiger partial charge < -0.3 is 16.6 Å². The number of alkyl halides is 3. The van der Waals surface area contributed by atoms with Crippen LogP contribution in [-0.4, -0.2) is 39.1 Å². The van der Waals surface area contributed by atoms with Gasteiger partial charge in [0.15, 0.2) is 5.84 Å². The summed E-state index contributed by atoms with van der Waals surface area (Å²) in [5, 5.41) is 11.7. The number of para-hydroxylation sites is 1. The highest BCUT2D eigenvalue weighted by molar-refractivity contribution is 6.31. The molecule has 0 fully saturated rings. The summed E-state index contributed by atoms with van der Waals surface area (Å²) < 4.78 is 52.1. The van der Waals surface area contributed by atoms with E-state index in [0.29, 0.717) is 11.3 Å². The number of nitrogens with one attached hydrogen (secondary N) is 2. The molecule has 13 heteroatoms. The molecule has 9 nitrogen and oxygen atoms in total. The molecule has 2 aromatic heterocycles. The van der Waals surface area contributed by atoms with E-state index in [2.05, 4.69) is 30.0 Å². The normalized spacial score (nSPS) is 12.7. The minimum absolute atomic E-state index is 0.0859. The second-order valence-electron chi connectivity index (χ2n) is 6.51. The average molecular weight is 459 g/mol. The van der Waals surface area contributed by atoms with E-state index in [4.69, 9.17) is 17.0 Å². The lowest BCUT2D eigenvalue weighted by Crippen LogP contribution is -2.10. The Balaban J connectivity index is 1.93. The lowest BCUT2D eigenvalue weighted by Gasteiger charge is -2.06. The molecule has 0 radical (unpaired) electrons. The lowest BCUT2D eigenvalue weighted by molar-refractivity contribution is -0.144. The maximum atomic E-state index is 13.8. The molecule has 0 amide bonds. The number of hydrogen-bond acceptors (Lipinski definition) is 6. The Morgan fingerprint density at radius 1 is 1.18 bits per heavy atom. The Morgan fingerprint density at radius 2 is 1.88 bits per heavy atom. The third-order valence-corrected chi connectivity index (χ3v) is 4.27. The summed E-state index contributed by atoms with van der Waals surface area (Å²) in [6.45, 7) is 0. The van der Waals surface area contributed by atoms with Crippen molar-refractivity contribution in [3.8, 4) is 11.1 Å². The summed E-state index contributed by atoms with van der Waals surface area (Å²) in [5.74, 6) is 3.34. The Labute approximate surface area is 184 Å². The van der Waals surface area contributed by atoms with Crippen LogP contribution >= 0.6 is 0 Å². The van der Waals surface area contributed by atoms with Crippen LogP contribution in [-0.2, 0) is 12.6 Å². The SMILES string of the molecule is N=C(N=CN)c1[nH]c(CC(C=Nc2ccccc2F)=NN)cc1-c1cnc(C(F)(F)F)nc1. The molecule has 0 unspecified atom stereocenters. The number of hydrogen-bond donors (Lipinski definition) is 4. The summed E-state index contributed by atoms with van der Waals surface area (Å²) in [7, 11) is 0. The van der Waals surface area contributed by atoms with E-state index in [9.17, 15) is 17.6 Å². The molecule has 6 N–H and O–H groups in total. The first kappa shape index (κ1) is 23.2. The van der Waals surface area contributed by atoms with Crippen molar-refractivity contribution in [1.82, 2.24) is 15.0 Å². The summed E-state index contributed by atoms with van der Waals surface area (Å²) in [5.41, 5.74) is 6.77. The second-order valence-corrected chi connectivity index (χ2v) is 6.51. The van der Waals surface area contributed by atoms with Gasteiger partial charge in [0.1, 0.15) is 5.82 Å². The molecule has 0 aliphatic rings. The maximum Gasteiger partial charge on any atom is 0.451 e. The maximum absolute atomic E-state index is 13.8. The zero-order valence-electron chi connectivity index (χ0n) is 16.8. The van der Waals surface area contributed by atoms with Crippen LogP contribution in [0.4, 0.5) is 23.2 Å². The fraction of sp³-hybridized carbons (Fsp3) is 0.100. The second kappa shape index (κ2) is 9.80. The predicted octanol–water partition coefficient (Wildman–Crippen LogP) is 3.20. The molecule has 0 aliphatic heterocycles. The first-order chi connectivity index (χ1) is 15.7. The number of aromatic amines is 1. The van der Waals surface area contributed by atoms with Gasteiger partial charge >= 0.3 is 6.18 Å². The van der Waals surface area contributed by atoms with Gasteiger partial charge in [-0.2, -0.15) is 18.3 Å². The number of nitrogens with zero attached hydrogens (tertiary/aromatic N) is 5. The third-order valence-electron chi connectivity index (χ3n) is 4.27. The number of nitrogens with two attached hydrogens (primary N) is 2. The molecule has 0 saturated heterocycles. The number of H-pyrrole nitrogens is 1. The van der Waals surface area contributed by atoms with Gasteiger partial charge in [0, 0.05) is 35.6 Å². The average Bonchev–Trinajstić information content (AvgIpc) is 3.21. The monoisotopic (exact) mass is 459 g/mol. The summed E-state index contributed by atoms with van der Waals surface area (Å²) in [6, 6.07) is 7.43. The van der Waals surface area contributed by atoms with Gasteiger partial charge in [0.2, 0.25) is 5.82 Å². The van der Waals surface area contributed by atoms with E-state index < -0.39 is 17.8 Å². The van der Waals surface area contributed by atoms with E-state index in [0.717, 1.165) is 18.7 Å². The number of amidine groups is 1. The van der Waals surface area contributed by atoms with Crippen LogP contribution < -0.4 is 11.6 Å². The predicted molar refractivity (Wildman–Crippen MR) is 116 cm³/mol. The molecule has 0 aliphatic carbocycles. The van der Waals surface area contributed by atoms with Gasteiger partial charge in [-0.1, -0.05) is 12.1 Å². The molecule has 170 valence electrons. The molecule has 0 bridgehead atoms. The summed E-state index contributed by atoms with van der Waals surface area (Å²) in [4.78, 5) is 17.4. The minimum Gasteiger partial charge on any atom is -0.390 e. The highest BCUT2D eigenvalue weighted by Gasteiger charge is 2.34. The number of aromatic nitrogens is 3. The van der Waals surface area contributed by atoms with Crippen molar-refractivity contribution < 1.29 is 17.6 Å². The Kier molecular flexibility index (Phi) is 6.91. The molecule has 0 atom stereocenters. The zero-order chi connectivity index (χ0) is 24.0. The topological polar surface area (TPSA) is 155 Å². The quantitative estimate of drug-likeness (QED) is 0.147. The Morgan fingerprint density at radius 3 is 2.48 bits per heavy atom. The molecular weight excluding hydrogens is 442 g/mol. The van der Waals surface area contributed by atoms with Crippen LogP contribution in [0.15, 0.2) is 57.8 Å². The van der Waals surface area contributed by atoms with Crippen molar-refractivity contribution in [3.05, 3.63) is 65.8 Å². The number of hydrazone groups is 1. The van der Waals surface area contributed by atoms with Gasteiger partial charge in [-0.25, -0.2) is 19.4 Å². The Bertz CT molecular complexity index is 1230. The van der Waals surface area contributed by atoms with E-state index in [-0.39, 0.29) is 34.9 Å². The molecule has 1 aromatic carbocycles. The van der Waals surface area contributed by atoms with Gasteiger partial charge in [0.25, 0.3) is 0 Å². The van der Waals surface area contributed by atoms with Crippen molar-refractivity contribution in [3.63, 3.8) is 0 Å². The minimum atomic E-state index is -4.69. The summed E-state index contributed by atoms with van der Waals surface area (Å²) >= 11 is 0. The van der Waals surface area contributed by atoms with Crippen LogP contribution in [0.5, 0.6) is 0 Å². The standard InChI is InChI=1S/C20H17F4N9/c21-15-3-1-2-4-16(15)28-9-13(33-27)5-12-6-14(17(32-12)18(26)31-10-25)11-7-29-19(30-8-11)20(22,23)24/h1-4,6-10,32H,5,27H2,(H3,25,26,31). The van der Waals surface area contributed by atoms with E-state index >= 15 is 0 Å². The fourth-order valence-corrected chi connectivity index (χ4v) is 2.79. The van der Waals surface area contributed by atoms with Gasteiger partial charge in [-0.05, 0) is 18.2 Å². The van der Waals surface area contributed by atoms with Gasteiger partial charge in [-0.15, -0.1) is 0 Å². The first-order valence-corrected chi connectivity index (χ1v) is 9.23. The van der Waals surface area contributed by atoms with Crippen molar-refractivity contribution in [1.29, 1.82) is 5.41 Å². The number of aliphatic imine (C=N–C) groups is 2. The van der Waals surface area contributed by atoms with Gasteiger partial charge in [-0.3, -0.25) is 10.4 Å². The lowest BCUT2D eigenvalue weighted by atomic mass is 10.1. The largest absolute Gasteiger partial charge is 0.451 e. The van der Waals surface area contributed by atoms with Crippen molar-refractivity contribution in [2.45, 2.75) is 12.6 Å². The number of rotatable bonds is 6. The molecule has 33 heavy (non-hydrogen) atoms. The molecular formula is C20H17F4N9. The molecule has 0 saturated carbocycles. The van der Waals surface area contributed by atoms with Crippen LogP contribution in [0.3, 0.4) is 0 Å². The number of halogens is 4. The molecule has 2 heterocycles. The van der Waals surface area contributed by atoms with E-state index in [1.54, 1.807) is 12.1 Å². The van der Waals surface area contributed by atoms with Crippen LogP contribution in [0.25, 0.3) is 11.1 Å². The Hall–Kier alpha value is -4.42. The molecule has 0 spiro atoms. The van der Waals surface area contributed by atoms with E-state index in [1.165, 1.54) is 24.4 Å². The first-order valence-electron chi connectivity index (χ1n) is 9.23. The van der Waals surface area contributed by atoms with Crippen LogP contribution in [0.1, 0.15) is 17.2 Å². The van der Waals surface area contributed by atoms with E-state index in [1.807, 2.05) is 0 Å². The van der Waals surface area contributed by atoms with Crippen LogP contribution in [0, 0.1) is 11.2 Å².